The van der Waals surface area contributed by atoms with Gasteiger partial charge in [0.15, 0.2) is 0 Å². The van der Waals surface area contributed by atoms with Crippen LogP contribution in [0.2, 0.25) is 0 Å². The Morgan fingerprint density at radius 1 is 0.440 bits per heavy atom. The highest BCUT2D eigenvalue weighted by molar-refractivity contribution is 5.85. The van der Waals surface area contributed by atoms with Crippen LogP contribution in [0, 0.1) is 0 Å². The molecule has 0 bridgehead atoms. The molecule has 1 heteroatoms. The first kappa shape index (κ1) is 15.2. The molecule has 0 aromatic heterocycles. The van der Waals surface area contributed by atoms with Gasteiger partial charge < -0.3 is 5.32 Å². The molecule has 0 saturated carbocycles. The van der Waals surface area contributed by atoms with Crippen molar-refractivity contribution in [3.63, 3.8) is 0 Å². The van der Waals surface area contributed by atoms with Crippen molar-refractivity contribution in [2.45, 2.75) is 0 Å². The van der Waals surface area contributed by atoms with E-state index in [4.69, 9.17) is 0 Å². The van der Waals surface area contributed by atoms with Crippen LogP contribution < -0.4 is 5.32 Å². The Kier molecular flexibility index (Phi) is 4.30. The van der Waals surface area contributed by atoms with E-state index in [2.05, 4.69) is 84.2 Å². The maximum Gasteiger partial charge on any atom is 0.0470 e. The third kappa shape index (κ3) is 3.46. The summed E-state index contributed by atoms with van der Waals surface area (Å²) in [5.74, 6) is 0. The molecule has 0 atom stereocenters. The van der Waals surface area contributed by atoms with Crippen molar-refractivity contribution in [3.8, 4) is 22.3 Å². The van der Waals surface area contributed by atoms with Gasteiger partial charge in [-0.3, -0.25) is 0 Å². The fourth-order valence-corrected chi connectivity index (χ4v) is 3.00. The van der Waals surface area contributed by atoms with Crippen LogP contribution in [0.4, 0.5) is 11.4 Å². The lowest BCUT2D eigenvalue weighted by Gasteiger charge is -2.15. The number of rotatable bonds is 4. The zero-order chi connectivity index (χ0) is 16.9. The third-order valence-electron chi connectivity index (χ3n) is 4.26. The maximum absolute atomic E-state index is 3.58. The topological polar surface area (TPSA) is 12.0 Å². The number of benzene rings is 4. The molecule has 4 rings (SSSR count). The molecule has 0 fully saturated rings. The highest BCUT2D eigenvalue weighted by Gasteiger charge is 2.08. The van der Waals surface area contributed by atoms with Gasteiger partial charge in [-0.1, -0.05) is 91.0 Å². The lowest BCUT2D eigenvalue weighted by molar-refractivity contribution is 1.52. The average Bonchev–Trinajstić information content (AvgIpc) is 2.70. The summed E-state index contributed by atoms with van der Waals surface area (Å²) in [6, 6.07) is 37.9. The van der Waals surface area contributed by atoms with Crippen molar-refractivity contribution in [3.05, 3.63) is 109 Å². The van der Waals surface area contributed by atoms with E-state index in [1.807, 2.05) is 30.3 Å². The number of anilines is 2. The minimum Gasteiger partial charge on any atom is -0.355 e. The molecule has 120 valence electrons. The van der Waals surface area contributed by atoms with Gasteiger partial charge in [0.1, 0.15) is 0 Å². The fraction of sp³-hybridized carbons (Fsp3) is 0. The highest BCUT2D eigenvalue weighted by Crippen LogP contribution is 2.34. The van der Waals surface area contributed by atoms with Crippen molar-refractivity contribution in [1.29, 1.82) is 0 Å². The molecule has 0 spiro atoms. The van der Waals surface area contributed by atoms with Crippen LogP contribution in [-0.4, -0.2) is 0 Å². The molecule has 4 aromatic carbocycles. The zero-order valence-electron chi connectivity index (χ0n) is 13.9. The van der Waals surface area contributed by atoms with E-state index >= 15 is 0 Å². The Hall–Kier alpha value is -3.32. The highest BCUT2D eigenvalue weighted by atomic mass is 14.9. The summed E-state index contributed by atoms with van der Waals surface area (Å²) < 4.78 is 0. The van der Waals surface area contributed by atoms with Gasteiger partial charge in [-0.15, -0.1) is 0 Å². The van der Waals surface area contributed by atoms with E-state index < -0.39 is 0 Å². The van der Waals surface area contributed by atoms with E-state index in [1.165, 1.54) is 22.3 Å². The van der Waals surface area contributed by atoms with Gasteiger partial charge in [0.2, 0.25) is 0 Å². The molecule has 0 unspecified atom stereocenters. The van der Waals surface area contributed by atoms with Gasteiger partial charge in [0.05, 0.1) is 0 Å². The number of nitrogens with one attached hydrogen (secondary N) is 1. The third-order valence-corrected chi connectivity index (χ3v) is 4.26. The average molecular weight is 321 g/mol. The largest absolute Gasteiger partial charge is 0.355 e. The van der Waals surface area contributed by atoms with Gasteiger partial charge in [0, 0.05) is 16.9 Å². The first-order chi connectivity index (χ1) is 12.4. The van der Waals surface area contributed by atoms with Gasteiger partial charge >= 0.3 is 0 Å². The van der Waals surface area contributed by atoms with Gasteiger partial charge in [-0.25, -0.2) is 0 Å². The van der Waals surface area contributed by atoms with Crippen molar-refractivity contribution in [2.75, 3.05) is 5.32 Å². The molecule has 0 aliphatic rings. The number of para-hydroxylation sites is 1. The predicted molar refractivity (Wildman–Crippen MR) is 107 cm³/mol. The zero-order valence-corrected chi connectivity index (χ0v) is 13.9. The van der Waals surface area contributed by atoms with Crippen LogP contribution in [0.5, 0.6) is 0 Å². The van der Waals surface area contributed by atoms with Gasteiger partial charge in [-0.05, 0) is 34.9 Å². The smallest absolute Gasteiger partial charge is 0.0470 e. The predicted octanol–water partition coefficient (Wildman–Crippen LogP) is 6.76. The Labute approximate surface area is 148 Å². The first-order valence-corrected chi connectivity index (χ1v) is 8.47. The molecule has 4 aromatic rings. The molecule has 25 heavy (non-hydrogen) atoms. The van der Waals surface area contributed by atoms with Crippen LogP contribution in [-0.2, 0) is 0 Å². The number of hydrogen-bond donors (Lipinski definition) is 1. The van der Waals surface area contributed by atoms with Crippen molar-refractivity contribution in [2.24, 2.45) is 0 Å². The van der Waals surface area contributed by atoms with Crippen LogP contribution in [0.15, 0.2) is 109 Å². The molecule has 0 aliphatic carbocycles. The Morgan fingerprint density at radius 3 is 1.64 bits per heavy atom. The van der Waals surface area contributed by atoms with Crippen LogP contribution >= 0.6 is 0 Å². The Balaban J connectivity index is 1.81. The minimum atomic E-state index is 1.09. The molecule has 1 N–H and O–H groups in total. The van der Waals surface area contributed by atoms with Crippen molar-refractivity contribution >= 4 is 11.4 Å². The normalized spacial score (nSPS) is 10.4. The van der Waals surface area contributed by atoms with Gasteiger partial charge in [-0.2, -0.15) is 0 Å². The van der Waals surface area contributed by atoms with E-state index in [-0.39, 0.29) is 0 Å². The molecule has 1 nitrogen and oxygen atoms in total. The summed E-state index contributed by atoms with van der Waals surface area (Å²) in [7, 11) is 0. The Bertz CT molecular complexity index is 945. The summed E-state index contributed by atoms with van der Waals surface area (Å²) in [6.45, 7) is 0. The molecular formula is C24H19N. The van der Waals surface area contributed by atoms with E-state index in [0.717, 1.165) is 11.4 Å². The first-order valence-electron chi connectivity index (χ1n) is 8.47. The van der Waals surface area contributed by atoms with Crippen LogP contribution in [0.25, 0.3) is 22.3 Å². The lowest BCUT2D eigenvalue weighted by atomic mass is 9.98. The fourth-order valence-electron chi connectivity index (χ4n) is 3.00. The van der Waals surface area contributed by atoms with E-state index in [0.29, 0.717) is 0 Å². The molecule has 0 amide bonds. The maximum atomic E-state index is 3.58. The van der Waals surface area contributed by atoms with Crippen molar-refractivity contribution < 1.29 is 0 Å². The molecule has 0 saturated heterocycles. The molecule has 0 heterocycles. The van der Waals surface area contributed by atoms with Crippen LogP contribution in [0.3, 0.4) is 0 Å². The lowest BCUT2D eigenvalue weighted by Crippen LogP contribution is -1.94. The van der Waals surface area contributed by atoms with E-state index in [9.17, 15) is 0 Å². The second-order valence-corrected chi connectivity index (χ2v) is 5.98. The van der Waals surface area contributed by atoms with E-state index in [1.54, 1.807) is 0 Å². The Morgan fingerprint density at radius 2 is 1.00 bits per heavy atom. The monoisotopic (exact) mass is 321 g/mol. The van der Waals surface area contributed by atoms with Crippen molar-refractivity contribution in [1.82, 2.24) is 0 Å². The summed E-state index contributed by atoms with van der Waals surface area (Å²) in [6.07, 6.45) is 0. The number of hydrogen-bond acceptors (Lipinski definition) is 1. The summed E-state index contributed by atoms with van der Waals surface area (Å²) in [4.78, 5) is 0. The quantitative estimate of drug-likeness (QED) is 0.437. The summed E-state index contributed by atoms with van der Waals surface area (Å²) in [5.41, 5.74) is 7.03. The SMILES string of the molecule is c1ccc(Nc2cc(-c3ccccc3)ccc2-c2ccccc2)cc1. The summed E-state index contributed by atoms with van der Waals surface area (Å²) in [5, 5.41) is 3.58. The standard InChI is InChI=1S/C24H19N/c1-4-10-19(11-5-1)21-16-17-23(20-12-6-2-7-13-20)24(18-21)25-22-14-8-3-9-15-22/h1-18,25H. The second kappa shape index (κ2) is 7.06. The summed E-state index contributed by atoms with van der Waals surface area (Å²) >= 11 is 0. The second-order valence-electron chi connectivity index (χ2n) is 5.98. The van der Waals surface area contributed by atoms with Crippen LogP contribution in [0.1, 0.15) is 0 Å². The molecule has 0 aliphatic heterocycles. The minimum absolute atomic E-state index is 1.09. The molecule has 0 radical (unpaired) electrons. The van der Waals surface area contributed by atoms with Gasteiger partial charge in [0.25, 0.3) is 0 Å². The molecular weight excluding hydrogens is 302 g/mol.